The van der Waals surface area contributed by atoms with Crippen LogP contribution in [0.3, 0.4) is 0 Å². The van der Waals surface area contributed by atoms with Crippen LogP contribution in [0.5, 0.6) is 0 Å². The fraction of sp³-hybridized carbons (Fsp3) is 0.476. The molecule has 1 aromatic carbocycles. The van der Waals surface area contributed by atoms with Crippen molar-refractivity contribution in [3.05, 3.63) is 41.6 Å². The zero-order valence-corrected chi connectivity index (χ0v) is 15.6. The highest BCUT2D eigenvalue weighted by molar-refractivity contribution is 5.79. The van der Waals surface area contributed by atoms with Crippen LogP contribution in [0, 0.1) is 6.92 Å². The number of hydrogen-bond donors (Lipinski definition) is 1. The fourth-order valence-corrected chi connectivity index (χ4v) is 3.72. The minimum atomic E-state index is -0.788. The molecule has 5 nitrogen and oxygen atoms in total. The van der Waals surface area contributed by atoms with Gasteiger partial charge < -0.3 is 10.0 Å². The summed E-state index contributed by atoms with van der Waals surface area (Å²) >= 11 is 0. The van der Waals surface area contributed by atoms with Crippen LogP contribution in [0.4, 0.5) is 5.82 Å². The molecule has 2 heterocycles. The second-order valence-corrected chi connectivity index (χ2v) is 6.96. The van der Waals surface area contributed by atoms with E-state index in [1.807, 2.05) is 44.2 Å². The Kier molecular flexibility index (Phi) is 5.86. The molecule has 2 aromatic rings. The predicted molar refractivity (Wildman–Crippen MR) is 104 cm³/mol. The number of aliphatic carboxylic acids is 1. The summed E-state index contributed by atoms with van der Waals surface area (Å²) in [5.41, 5.74) is 2.53. The number of benzene rings is 1. The van der Waals surface area contributed by atoms with E-state index in [1.54, 1.807) is 0 Å². The van der Waals surface area contributed by atoms with Gasteiger partial charge in [-0.15, -0.1) is 0 Å². The first-order valence-corrected chi connectivity index (χ1v) is 9.53. The SMILES string of the molecule is CCCC(C(=O)O)c1c(C)nc(-c2ccccc2)nc1N1CCCCC1. The normalized spacial score (nSPS) is 15.7. The third-order valence-corrected chi connectivity index (χ3v) is 5.03. The van der Waals surface area contributed by atoms with E-state index in [1.165, 1.54) is 6.42 Å². The molecular weight excluding hydrogens is 326 g/mol. The zero-order valence-electron chi connectivity index (χ0n) is 15.6. The molecule has 26 heavy (non-hydrogen) atoms. The molecule has 0 amide bonds. The van der Waals surface area contributed by atoms with Gasteiger partial charge >= 0.3 is 5.97 Å². The minimum absolute atomic E-state index is 0.554. The maximum Gasteiger partial charge on any atom is 0.311 e. The molecule has 1 N–H and O–H groups in total. The third kappa shape index (κ3) is 3.87. The first-order valence-electron chi connectivity index (χ1n) is 9.53. The third-order valence-electron chi connectivity index (χ3n) is 5.03. The van der Waals surface area contributed by atoms with Crippen molar-refractivity contribution in [3.8, 4) is 11.4 Å². The van der Waals surface area contributed by atoms with E-state index in [0.29, 0.717) is 12.2 Å². The maximum absolute atomic E-state index is 12.0. The maximum atomic E-state index is 12.0. The van der Waals surface area contributed by atoms with Crippen molar-refractivity contribution in [3.63, 3.8) is 0 Å². The first kappa shape index (κ1) is 18.4. The van der Waals surface area contributed by atoms with Gasteiger partial charge in [0.05, 0.1) is 5.92 Å². The zero-order chi connectivity index (χ0) is 18.5. The quantitative estimate of drug-likeness (QED) is 0.833. The topological polar surface area (TPSA) is 66.3 Å². The van der Waals surface area contributed by atoms with Crippen molar-refractivity contribution in [2.24, 2.45) is 0 Å². The summed E-state index contributed by atoms with van der Waals surface area (Å²) in [4.78, 5) is 23.8. The number of carboxylic acid groups (broad SMARTS) is 1. The van der Waals surface area contributed by atoms with E-state index in [9.17, 15) is 9.90 Å². The van der Waals surface area contributed by atoms with Crippen LogP contribution in [0.1, 0.15) is 56.2 Å². The molecule has 0 spiro atoms. The Hall–Kier alpha value is -2.43. The average Bonchev–Trinajstić information content (AvgIpc) is 2.67. The van der Waals surface area contributed by atoms with Crippen LogP contribution in [0.2, 0.25) is 0 Å². The Bertz CT molecular complexity index is 755. The lowest BCUT2D eigenvalue weighted by Crippen LogP contribution is -2.32. The summed E-state index contributed by atoms with van der Waals surface area (Å²) in [6.45, 7) is 5.79. The van der Waals surface area contributed by atoms with Gasteiger partial charge in [0, 0.05) is 29.9 Å². The molecule has 3 rings (SSSR count). The van der Waals surface area contributed by atoms with Crippen molar-refractivity contribution in [1.29, 1.82) is 0 Å². The van der Waals surface area contributed by atoms with E-state index >= 15 is 0 Å². The summed E-state index contributed by atoms with van der Waals surface area (Å²) in [6, 6.07) is 9.90. The van der Waals surface area contributed by atoms with Crippen molar-refractivity contribution >= 4 is 11.8 Å². The highest BCUT2D eigenvalue weighted by Crippen LogP contribution is 2.34. The molecule has 1 aromatic heterocycles. The van der Waals surface area contributed by atoms with E-state index in [4.69, 9.17) is 4.98 Å². The van der Waals surface area contributed by atoms with Crippen LogP contribution < -0.4 is 4.90 Å². The van der Waals surface area contributed by atoms with Crippen LogP contribution >= 0.6 is 0 Å². The van der Waals surface area contributed by atoms with Crippen molar-refractivity contribution in [2.45, 2.75) is 51.9 Å². The summed E-state index contributed by atoms with van der Waals surface area (Å²) in [7, 11) is 0. The lowest BCUT2D eigenvalue weighted by atomic mass is 9.92. The summed E-state index contributed by atoms with van der Waals surface area (Å²) in [6.07, 6.45) is 4.88. The Morgan fingerprint density at radius 1 is 1.15 bits per heavy atom. The van der Waals surface area contributed by atoms with Gasteiger partial charge in [-0.25, -0.2) is 9.97 Å². The van der Waals surface area contributed by atoms with Gasteiger partial charge in [-0.1, -0.05) is 43.7 Å². The van der Waals surface area contributed by atoms with Crippen molar-refractivity contribution < 1.29 is 9.90 Å². The fourth-order valence-electron chi connectivity index (χ4n) is 3.72. The highest BCUT2D eigenvalue weighted by Gasteiger charge is 2.29. The van der Waals surface area contributed by atoms with E-state index in [0.717, 1.165) is 55.0 Å². The molecule has 0 aliphatic carbocycles. The smallest absolute Gasteiger partial charge is 0.311 e. The van der Waals surface area contributed by atoms with Gasteiger partial charge in [0.2, 0.25) is 0 Å². The van der Waals surface area contributed by atoms with Gasteiger partial charge in [0.1, 0.15) is 5.82 Å². The second-order valence-electron chi connectivity index (χ2n) is 6.96. The molecule has 1 atom stereocenters. The van der Waals surface area contributed by atoms with Crippen molar-refractivity contribution in [2.75, 3.05) is 18.0 Å². The van der Waals surface area contributed by atoms with Gasteiger partial charge in [0.15, 0.2) is 5.82 Å². The number of anilines is 1. The predicted octanol–water partition coefficient (Wildman–Crippen LogP) is 4.41. The van der Waals surface area contributed by atoms with Crippen LogP contribution in [0.15, 0.2) is 30.3 Å². The summed E-state index contributed by atoms with van der Waals surface area (Å²) in [5.74, 6) is 0.149. The number of nitrogens with zero attached hydrogens (tertiary/aromatic N) is 3. The second kappa shape index (κ2) is 8.30. The molecule has 0 bridgehead atoms. The number of aromatic nitrogens is 2. The monoisotopic (exact) mass is 353 g/mol. The molecular formula is C21H27N3O2. The first-order chi connectivity index (χ1) is 12.6. The molecule has 0 saturated carbocycles. The number of carboxylic acids is 1. The highest BCUT2D eigenvalue weighted by atomic mass is 16.4. The largest absolute Gasteiger partial charge is 0.481 e. The van der Waals surface area contributed by atoms with Crippen LogP contribution in [-0.4, -0.2) is 34.1 Å². The molecule has 0 radical (unpaired) electrons. The van der Waals surface area contributed by atoms with Crippen LogP contribution in [0.25, 0.3) is 11.4 Å². The number of rotatable bonds is 6. The number of piperidine rings is 1. The Labute approximate surface area is 155 Å². The lowest BCUT2D eigenvalue weighted by molar-refractivity contribution is -0.139. The number of aryl methyl sites for hydroxylation is 1. The molecule has 138 valence electrons. The Balaban J connectivity index is 2.14. The summed E-state index contributed by atoms with van der Waals surface area (Å²) in [5, 5.41) is 9.82. The van der Waals surface area contributed by atoms with Gasteiger partial charge in [0.25, 0.3) is 0 Å². The van der Waals surface area contributed by atoms with Gasteiger partial charge in [-0.05, 0) is 32.6 Å². The standard InChI is InChI=1S/C21H27N3O2/c1-3-10-17(21(25)26)18-15(2)22-19(16-11-6-4-7-12-16)23-20(18)24-13-8-5-9-14-24/h4,6-7,11-12,17H,3,5,8-10,13-14H2,1-2H3,(H,25,26). The minimum Gasteiger partial charge on any atom is -0.481 e. The molecule has 1 saturated heterocycles. The van der Waals surface area contributed by atoms with Crippen molar-refractivity contribution in [1.82, 2.24) is 9.97 Å². The van der Waals surface area contributed by atoms with E-state index in [2.05, 4.69) is 9.88 Å². The number of carbonyl (C=O) groups is 1. The average molecular weight is 353 g/mol. The number of hydrogen-bond acceptors (Lipinski definition) is 4. The Morgan fingerprint density at radius 3 is 2.46 bits per heavy atom. The molecule has 1 fully saturated rings. The molecule has 1 unspecified atom stereocenters. The van der Waals surface area contributed by atoms with E-state index in [-0.39, 0.29) is 0 Å². The summed E-state index contributed by atoms with van der Waals surface area (Å²) < 4.78 is 0. The molecule has 1 aliphatic heterocycles. The Morgan fingerprint density at radius 2 is 1.85 bits per heavy atom. The van der Waals surface area contributed by atoms with Crippen LogP contribution in [-0.2, 0) is 4.79 Å². The molecule has 1 aliphatic rings. The van der Waals surface area contributed by atoms with Gasteiger partial charge in [-0.2, -0.15) is 0 Å². The molecule has 5 heteroatoms. The lowest BCUT2D eigenvalue weighted by Gasteiger charge is -2.31. The van der Waals surface area contributed by atoms with Gasteiger partial charge in [-0.3, -0.25) is 4.79 Å². The van der Waals surface area contributed by atoms with E-state index < -0.39 is 11.9 Å².